The zero-order chi connectivity index (χ0) is 24.5. The van der Waals surface area contributed by atoms with E-state index in [-0.39, 0.29) is 28.3 Å². The molecule has 0 bridgehead atoms. The molecule has 0 radical (unpaired) electrons. The number of hydrogen-bond acceptors (Lipinski definition) is 6. The maximum absolute atomic E-state index is 11.7. The fourth-order valence-electron chi connectivity index (χ4n) is 4.54. The molecule has 0 saturated heterocycles. The van der Waals surface area contributed by atoms with Gasteiger partial charge in [-0.25, -0.2) is 5.43 Å². The minimum absolute atomic E-state index is 0. The van der Waals surface area contributed by atoms with Crippen LogP contribution in [0.3, 0.4) is 0 Å². The quantitative estimate of drug-likeness (QED) is 0.412. The Hall–Kier alpha value is -2.71. The van der Waals surface area contributed by atoms with Crippen molar-refractivity contribution in [2.75, 3.05) is 32.2 Å². The molecule has 35 heavy (non-hydrogen) atoms. The monoisotopic (exact) mass is 516 g/mol. The highest BCUT2D eigenvalue weighted by atomic mass is 35.5. The molecule has 1 amide bonds. The second-order valence-electron chi connectivity index (χ2n) is 9.04. The van der Waals surface area contributed by atoms with E-state index >= 15 is 0 Å². The Labute approximate surface area is 217 Å². The van der Waals surface area contributed by atoms with Crippen molar-refractivity contribution in [2.45, 2.75) is 44.8 Å². The zero-order valence-electron chi connectivity index (χ0n) is 21.0. The molecule has 0 aromatic heterocycles. The molecule has 188 valence electrons. The molecule has 1 N–H and O–H groups in total. The minimum atomic E-state index is -0.115. The van der Waals surface area contributed by atoms with E-state index in [1.165, 1.54) is 17.3 Å². The molecule has 2 heterocycles. The average molecular weight is 517 g/mol. The summed E-state index contributed by atoms with van der Waals surface area (Å²) in [5.74, 6) is 2.29. The summed E-state index contributed by atoms with van der Waals surface area (Å²) >= 11 is 1.26. The number of amidine groups is 1. The highest BCUT2D eigenvalue weighted by Crippen LogP contribution is 2.42. The van der Waals surface area contributed by atoms with Crippen LogP contribution in [0.15, 0.2) is 46.5 Å². The number of hydrazone groups is 1. The predicted molar refractivity (Wildman–Crippen MR) is 147 cm³/mol. The number of halogens is 1. The Balaban J connectivity index is 0.00000342. The van der Waals surface area contributed by atoms with Gasteiger partial charge in [0.05, 0.1) is 25.2 Å². The Morgan fingerprint density at radius 2 is 1.94 bits per heavy atom. The van der Waals surface area contributed by atoms with Gasteiger partial charge < -0.3 is 14.4 Å². The number of methoxy groups -OCH3 is 2. The Kier molecular flexibility index (Phi) is 8.38. The van der Waals surface area contributed by atoms with Gasteiger partial charge in [-0.15, -0.1) is 12.4 Å². The van der Waals surface area contributed by atoms with Crippen molar-refractivity contribution in [3.63, 3.8) is 0 Å². The molecule has 1 unspecified atom stereocenters. The molecule has 2 aromatic carbocycles. The van der Waals surface area contributed by atoms with Gasteiger partial charge in [0.15, 0.2) is 11.5 Å². The highest BCUT2D eigenvalue weighted by molar-refractivity contribution is 8.14. The number of aliphatic imine (C=N–C) groups is 1. The van der Waals surface area contributed by atoms with Crippen molar-refractivity contribution in [3.05, 3.63) is 53.1 Å². The average Bonchev–Trinajstić information content (AvgIpc) is 2.82. The number of ether oxygens (including phenoxy) is 2. The summed E-state index contributed by atoms with van der Waals surface area (Å²) in [6.45, 7) is 10.2. The Morgan fingerprint density at radius 1 is 1.20 bits per heavy atom. The molecule has 9 heteroatoms. The van der Waals surface area contributed by atoms with Crippen LogP contribution in [0.1, 0.15) is 50.8 Å². The van der Waals surface area contributed by atoms with E-state index in [9.17, 15) is 4.79 Å². The summed E-state index contributed by atoms with van der Waals surface area (Å²) in [4.78, 5) is 18.9. The molecule has 0 aliphatic carbocycles. The van der Waals surface area contributed by atoms with Gasteiger partial charge in [-0.2, -0.15) is 5.10 Å². The van der Waals surface area contributed by atoms with E-state index < -0.39 is 0 Å². The van der Waals surface area contributed by atoms with Crippen molar-refractivity contribution < 1.29 is 14.3 Å². The third-order valence-corrected chi connectivity index (χ3v) is 7.30. The first kappa shape index (κ1) is 26.9. The summed E-state index contributed by atoms with van der Waals surface area (Å²) in [5, 5.41) is 4.24. The number of nitrogens with one attached hydrogen (secondary N) is 1. The number of carbonyl (C=O) groups excluding carboxylic acids is 1. The number of rotatable bonds is 5. The van der Waals surface area contributed by atoms with E-state index in [1.54, 1.807) is 14.2 Å². The fraction of sp³-hybridized carbons (Fsp3) is 0.423. The number of thioether (sulfide) groups is 1. The first-order valence-electron chi connectivity index (χ1n) is 11.5. The Bertz CT molecular complexity index is 1170. The van der Waals surface area contributed by atoms with Crippen molar-refractivity contribution in [2.24, 2.45) is 10.1 Å². The van der Waals surface area contributed by atoms with Crippen LogP contribution in [-0.2, 0) is 5.41 Å². The zero-order valence-corrected chi connectivity index (χ0v) is 22.7. The first-order chi connectivity index (χ1) is 16.3. The van der Waals surface area contributed by atoms with Gasteiger partial charge in [0.25, 0.3) is 5.24 Å². The van der Waals surface area contributed by atoms with E-state index in [4.69, 9.17) is 14.5 Å². The molecule has 1 atom stereocenters. The lowest BCUT2D eigenvalue weighted by Gasteiger charge is -2.41. The van der Waals surface area contributed by atoms with Crippen LogP contribution in [-0.4, -0.2) is 49.3 Å². The highest BCUT2D eigenvalue weighted by Gasteiger charge is 2.34. The van der Waals surface area contributed by atoms with Gasteiger partial charge >= 0.3 is 0 Å². The van der Waals surface area contributed by atoms with Crippen molar-refractivity contribution in [1.29, 1.82) is 0 Å². The van der Waals surface area contributed by atoms with E-state index in [0.29, 0.717) is 18.0 Å². The lowest BCUT2D eigenvalue weighted by molar-refractivity contribution is 0.261. The lowest BCUT2D eigenvalue weighted by Crippen LogP contribution is -2.42. The molecular weight excluding hydrogens is 484 g/mol. The molecule has 0 spiro atoms. The van der Waals surface area contributed by atoms with Gasteiger partial charge in [-0.3, -0.25) is 9.79 Å². The summed E-state index contributed by atoms with van der Waals surface area (Å²) < 4.78 is 11.0. The van der Waals surface area contributed by atoms with Crippen LogP contribution in [0.25, 0.3) is 0 Å². The van der Waals surface area contributed by atoms with Crippen molar-refractivity contribution >= 4 is 46.6 Å². The Morgan fingerprint density at radius 3 is 2.60 bits per heavy atom. The van der Waals surface area contributed by atoms with Crippen molar-refractivity contribution in [1.82, 2.24) is 5.43 Å². The predicted octanol–water partition coefficient (Wildman–Crippen LogP) is 5.63. The molecular formula is C26H33ClN4O3S. The normalized spacial score (nSPS) is 19.2. The second-order valence-corrected chi connectivity index (χ2v) is 10.4. The second kappa shape index (κ2) is 10.9. The minimum Gasteiger partial charge on any atom is -0.493 e. The van der Waals surface area contributed by atoms with Gasteiger partial charge in [0.2, 0.25) is 0 Å². The number of amides is 1. The van der Waals surface area contributed by atoms with Crippen LogP contribution < -0.4 is 19.8 Å². The van der Waals surface area contributed by atoms with Gasteiger partial charge in [0, 0.05) is 24.3 Å². The number of carbonyl (C=O) groups is 1. The molecule has 2 aromatic rings. The number of anilines is 1. The molecule has 7 nitrogen and oxygen atoms in total. The largest absolute Gasteiger partial charge is 0.493 e. The molecule has 0 fully saturated rings. The van der Waals surface area contributed by atoms with Crippen molar-refractivity contribution in [3.8, 4) is 11.5 Å². The van der Waals surface area contributed by atoms with Crippen LogP contribution in [0, 0.1) is 0 Å². The number of benzene rings is 2. The maximum Gasteiger partial charge on any atom is 0.299 e. The van der Waals surface area contributed by atoms with Gasteiger partial charge in [-0.1, -0.05) is 31.7 Å². The number of nitrogens with zero attached hydrogens (tertiary/aromatic N) is 3. The van der Waals surface area contributed by atoms with E-state index in [2.05, 4.69) is 47.5 Å². The van der Waals surface area contributed by atoms with Crippen LogP contribution >= 0.6 is 24.2 Å². The lowest BCUT2D eigenvalue weighted by atomic mass is 9.76. The number of hydrogen-bond donors (Lipinski definition) is 1. The maximum atomic E-state index is 11.7. The van der Waals surface area contributed by atoms with Gasteiger partial charge in [0.1, 0.15) is 5.84 Å². The number of fused-ring (bicyclic) bond motifs is 1. The smallest absolute Gasteiger partial charge is 0.299 e. The molecule has 2 aliphatic rings. The van der Waals surface area contributed by atoms with Crippen LogP contribution in [0.4, 0.5) is 10.5 Å². The van der Waals surface area contributed by atoms with E-state index in [0.717, 1.165) is 41.3 Å². The molecule has 0 saturated carbocycles. The fourth-order valence-corrected chi connectivity index (χ4v) is 5.26. The third-order valence-electron chi connectivity index (χ3n) is 6.41. The third kappa shape index (κ3) is 5.28. The SMILES string of the molecule is CCN=C(c1ccc(OC)c(OC)c1)N1CCC(C)(C)c2cc(C3=NNC(=O)SC3C)ccc21.Cl. The summed E-state index contributed by atoms with van der Waals surface area (Å²) in [7, 11) is 3.29. The first-order valence-corrected chi connectivity index (χ1v) is 12.4. The van der Waals surface area contributed by atoms with E-state index in [1.807, 2.05) is 32.0 Å². The molecule has 2 aliphatic heterocycles. The van der Waals surface area contributed by atoms with Crippen LogP contribution in [0.2, 0.25) is 0 Å². The summed E-state index contributed by atoms with van der Waals surface area (Å²) in [6.07, 6.45) is 0.979. The topological polar surface area (TPSA) is 75.5 Å². The molecule has 4 rings (SSSR count). The summed E-state index contributed by atoms with van der Waals surface area (Å²) in [5.41, 5.74) is 7.90. The van der Waals surface area contributed by atoms with Crippen LogP contribution in [0.5, 0.6) is 11.5 Å². The van der Waals surface area contributed by atoms with Gasteiger partial charge in [-0.05, 0) is 67.1 Å². The summed E-state index contributed by atoms with van der Waals surface area (Å²) in [6, 6.07) is 12.4. The standard InChI is InChI=1S/C26H32N4O3S.ClH/c1-7-27-24(18-9-11-21(32-5)22(15-18)33-6)30-13-12-26(3,4)19-14-17(8-10-20(19)30)23-16(2)34-25(31)29-28-23;/h8-11,14-16H,7,12-13H2,1-6H3,(H,29,31);1H.